The van der Waals surface area contributed by atoms with Crippen LogP contribution >= 0.6 is 24.8 Å². The Morgan fingerprint density at radius 2 is 2.17 bits per heavy atom. The molecule has 2 atom stereocenters. The first kappa shape index (κ1) is 20.4. The van der Waals surface area contributed by atoms with Crippen LogP contribution < -0.4 is 10.6 Å². The summed E-state index contributed by atoms with van der Waals surface area (Å²) < 4.78 is 5.30. The Kier molecular flexibility index (Phi) is 7.69. The molecule has 0 radical (unpaired) electrons. The van der Waals surface area contributed by atoms with E-state index in [0.717, 1.165) is 6.54 Å². The van der Waals surface area contributed by atoms with Crippen LogP contribution in [0.5, 0.6) is 0 Å². The number of β-amino-alcohol motifs (C(OH)–C–C–N with tert-alkyl or cyclic N) is 1. The lowest BCUT2D eigenvalue weighted by Gasteiger charge is -2.14. The number of aromatic nitrogens is 1. The number of hydrogen-bond acceptors (Lipinski definition) is 5. The molecule has 0 spiro atoms. The number of nitrogens with zero attached hydrogens (tertiary/aromatic N) is 1. The average Bonchev–Trinajstić information content (AvgIpc) is 3.16. The number of furan rings is 1. The first-order valence-corrected chi connectivity index (χ1v) is 7.33. The fourth-order valence-electron chi connectivity index (χ4n) is 2.61. The van der Waals surface area contributed by atoms with E-state index < -0.39 is 6.10 Å². The zero-order valence-corrected chi connectivity index (χ0v) is 14.8. The lowest BCUT2D eigenvalue weighted by molar-refractivity contribution is 0.0926. The molecule has 1 aliphatic rings. The third kappa shape index (κ3) is 4.48. The Balaban J connectivity index is 0.00000144. The van der Waals surface area contributed by atoms with Gasteiger partial charge in [-0.25, -0.2) is 4.98 Å². The van der Waals surface area contributed by atoms with Gasteiger partial charge in [0.1, 0.15) is 5.69 Å². The van der Waals surface area contributed by atoms with E-state index in [4.69, 9.17) is 4.42 Å². The molecule has 3 rings (SSSR count). The van der Waals surface area contributed by atoms with Crippen molar-refractivity contribution < 1.29 is 14.3 Å². The van der Waals surface area contributed by atoms with E-state index in [9.17, 15) is 9.90 Å². The second kappa shape index (κ2) is 9.03. The summed E-state index contributed by atoms with van der Waals surface area (Å²) in [7, 11) is 0. The molecule has 0 aliphatic carbocycles. The maximum Gasteiger partial charge on any atom is 0.253 e. The van der Waals surface area contributed by atoms with Gasteiger partial charge in [0.05, 0.1) is 23.6 Å². The summed E-state index contributed by atoms with van der Waals surface area (Å²) in [5, 5.41) is 15.7. The molecule has 6 nitrogen and oxygen atoms in total. The molecule has 1 fully saturated rings. The Hall–Kier alpha value is -1.60. The second-order valence-corrected chi connectivity index (χ2v) is 5.50. The summed E-state index contributed by atoms with van der Waals surface area (Å²) in [6, 6.07) is 7.15. The number of aliphatic hydroxyl groups excluding tert-OH is 1. The second-order valence-electron chi connectivity index (χ2n) is 5.50. The largest absolute Gasteiger partial charge is 0.463 e. The van der Waals surface area contributed by atoms with Crippen molar-refractivity contribution in [2.75, 3.05) is 19.6 Å². The Bertz CT molecular complexity index is 665. The molecule has 3 heterocycles. The van der Waals surface area contributed by atoms with Gasteiger partial charge in [-0.1, -0.05) is 0 Å². The van der Waals surface area contributed by atoms with Crippen LogP contribution in [0.15, 0.2) is 34.9 Å². The molecule has 8 heteroatoms. The predicted octanol–water partition coefficient (Wildman–Crippen LogP) is 1.80. The van der Waals surface area contributed by atoms with E-state index in [1.165, 1.54) is 0 Å². The van der Waals surface area contributed by atoms with Crippen LogP contribution in [0.3, 0.4) is 0 Å². The molecule has 2 unspecified atom stereocenters. The highest BCUT2D eigenvalue weighted by atomic mass is 35.5. The van der Waals surface area contributed by atoms with Crippen LogP contribution in [0, 0.1) is 12.8 Å². The minimum absolute atomic E-state index is 0. The van der Waals surface area contributed by atoms with Crippen molar-refractivity contribution in [3.8, 4) is 11.5 Å². The fraction of sp³-hybridized carbons (Fsp3) is 0.375. The number of aryl methyl sites for hydroxylation is 1. The molecule has 0 bridgehead atoms. The molecule has 2 aromatic rings. The summed E-state index contributed by atoms with van der Waals surface area (Å²) in [5.41, 5.74) is 1.89. The lowest BCUT2D eigenvalue weighted by atomic mass is 10.1. The number of aliphatic hydroxyl groups is 1. The summed E-state index contributed by atoms with van der Waals surface area (Å²) in [5.74, 6) is 0.560. The van der Waals surface area contributed by atoms with E-state index in [-0.39, 0.29) is 36.6 Å². The maximum atomic E-state index is 12.3. The van der Waals surface area contributed by atoms with Gasteiger partial charge in [0, 0.05) is 25.6 Å². The number of halogens is 2. The van der Waals surface area contributed by atoms with E-state index in [0.29, 0.717) is 35.8 Å². The van der Waals surface area contributed by atoms with E-state index in [1.54, 1.807) is 31.4 Å². The van der Waals surface area contributed by atoms with Gasteiger partial charge in [-0.15, -0.1) is 24.8 Å². The molecular weight excluding hydrogens is 353 g/mol. The van der Waals surface area contributed by atoms with Crippen LogP contribution in [-0.2, 0) is 0 Å². The van der Waals surface area contributed by atoms with E-state index in [2.05, 4.69) is 15.6 Å². The molecule has 1 saturated heterocycles. The number of hydrogen-bond donors (Lipinski definition) is 3. The molecule has 132 valence electrons. The Morgan fingerprint density at radius 3 is 2.75 bits per heavy atom. The first-order valence-electron chi connectivity index (χ1n) is 7.33. The normalized spacial score (nSPS) is 19.2. The van der Waals surface area contributed by atoms with Crippen molar-refractivity contribution in [3.05, 3.63) is 41.8 Å². The highest BCUT2D eigenvalue weighted by Crippen LogP contribution is 2.19. The van der Waals surface area contributed by atoms with Gasteiger partial charge in [0.2, 0.25) is 0 Å². The summed E-state index contributed by atoms with van der Waals surface area (Å²) in [6.07, 6.45) is 1.19. The monoisotopic (exact) mass is 373 g/mol. The molecule has 1 aliphatic heterocycles. The fourth-order valence-corrected chi connectivity index (χ4v) is 2.61. The minimum Gasteiger partial charge on any atom is -0.463 e. The lowest BCUT2D eigenvalue weighted by Crippen LogP contribution is -2.34. The number of nitrogens with one attached hydrogen (secondary N) is 2. The van der Waals surface area contributed by atoms with Crippen molar-refractivity contribution >= 4 is 30.7 Å². The third-order valence-electron chi connectivity index (χ3n) is 3.93. The number of rotatable bonds is 4. The van der Waals surface area contributed by atoms with Crippen molar-refractivity contribution in [2.45, 2.75) is 13.0 Å². The summed E-state index contributed by atoms with van der Waals surface area (Å²) in [4.78, 5) is 16.7. The Morgan fingerprint density at radius 1 is 1.38 bits per heavy atom. The van der Waals surface area contributed by atoms with Crippen LogP contribution in [0.25, 0.3) is 11.5 Å². The number of pyridine rings is 1. The van der Waals surface area contributed by atoms with Crippen molar-refractivity contribution in [3.63, 3.8) is 0 Å². The standard InChI is InChI=1S/C16H19N3O3.2ClH/c1-10-12(4-5-13(19-10)15-3-2-6-22-15)16(21)18-8-11-7-17-9-14(11)20;;/h2-6,11,14,17,20H,7-9H2,1H3,(H,18,21);2*1H. The highest BCUT2D eigenvalue weighted by molar-refractivity contribution is 5.95. The molecule has 2 aromatic heterocycles. The van der Waals surface area contributed by atoms with Gasteiger partial charge in [0.15, 0.2) is 5.76 Å². The molecule has 1 amide bonds. The molecule has 3 N–H and O–H groups in total. The smallest absolute Gasteiger partial charge is 0.253 e. The molecular formula is C16H21Cl2N3O3. The van der Waals surface area contributed by atoms with E-state index >= 15 is 0 Å². The zero-order chi connectivity index (χ0) is 15.5. The summed E-state index contributed by atoms with van der Waals surface area (Å²) in [6.45, 7) is 3.55. The van der Waals surface area contributed by atoms with E-state index in [1.807, 2.05) is 6.07 Å². The van der Waals surface area contributed by atoms with Gasteiger partial charge < -0.3 is 20.2 Å². The maximum absolute atomic E-state index is 12.3. The topological polar surface area (TPSA) is 87.4 Å². The first-order chi connectivity index (χ1) is 10.6. The van der Waals surface area contributed by atoms with Crippen molar-refractivity contribution in [1.82, 2.24) is 15.6 Å². The van der Waals surface area contributed by atoms with Crippen molar-refractivity contribution in [1.29, 1.82) is 0 Å². The number of carbonyl (C=O) groups excluding carboxylic acids is 1. The van der Waals surface area contributed by atoms with Gasteiger partial charge >= 0.3 is 0 Å². The molecule has 24 heavy (non-hydrogen) atoms. The van der Waals surface area contributed by atoms with Gasteiger partial charge in [-0.05, 0) is 31.2 Å². The minimum atomic E-state index is -0.402. The Labute approximate surface area is 152 Å². The zero-order valence-electron chi connectivity index (χ0n) is 13.2. The molecule has 0 saturated carbocycles. The SMILES string of the molecule is Cc1nc(-c2ccco2)ccc1C(=O)NCC1CNCC1O.Cl.Cl. The van der Waals surface area contributed by atoms with Crippen LogP contribution in [0.4, 0.5) is 0 Å². The predicted molar refractivity (Wildman–Crippen MR) is 95.9 cm³/mol. The average molecular weight is 374 g/mol. The van der Waals surface area contributed by atoms with Gasteiger partial charge in [-0.3, -0.25) is 4.79 Å². The van der Waals surface area contributed by atoms with Gasteiger partial charge in [0.25, 0.3) is 5.91 Å². The quantitative estimate of drug-likeness (QED) is 0.760. The number of carbonyl (C=O) groups is 1. The van der Waals surface area contributed by atoms with Crippen LogP contribution in [0.2, 0.25) is 0 Å². The summed E-state index contributed by atoms with van der Waals surface area (Å²) >= 11 is 0. The third-order valence-corrected chi connectivity index (χ3v) is 3.93. The van der Waals surface area contributed by atoms with Crippen LogP contribution in [-0.4, -0.2) is 41.7 Å². The van der Waals surface area contributed by atoms with Crippen molar-refractivity contribution in [2.24, 2.45) is 5.92 Å². The highest BCUT2D eigenvalue weighted by Gasteiger charge is 2.25. The van der Waals surface area contributed by atoms with Crippen LogP contribution in [0.1, 0.15) is 16.1 Å². The number of amides is 1. The molecule has 0 aromatic carbocycles. The van der Waals surface area contributed by atoms with Gasteiger partial charge in [-0.2, -0.15) is 0 Å².